The molecule has 2 N–H and O–H groups in total. The molecule has 2 aromatic rings. The number of carbonyl (C=O) groups is 2. The quantitative estimate of drug-likeness (QED) is 0.608. The number of halogens is 1. The van der Waals surface area contributed by atoms with Crippen molar-refractivity contribution in [3.8, 4) is 5.75 Å². The lowest BCUT2D eigenvalue weighted by molar-refractivity contribution is -0.141. The minimum atomic E-state index is -0.984. The summed E-state index contributed by atoms with van der Waals surface area (Å²) in [5.74, 6) is -1.28. The number of ether oxygens (including phenoxy) is 1. The first-order valence-corrected chi connectivity index (χ1v) is 9.48. The zero-order valence-electron chi connectivity index (χ0n) is 15.0. The van der Waals surface area contributed by atoms with E-state index < -0.39 is 11.9 Å². The SMILES string of the molecule is COc1ccccc1CC(CNC(=O)CCSc1ccccc1F)C(=O)O. The van der Waals surface area contributed by atoms with Crippen molar-refractivity contribution in [1.82, 2.24) is 5.32 Å². The van der Waals surface area contributed by atoms with Crippen molar-refractivity contribution in [1.29, 1.82) is 0 Å². The van der Waals surface area contributed by atoms with Gasteiger partial charge in [-0.25, -0.2) is 4.39 Å². The predicted octanol–water partition coefficient (Wildman–Crippen LogP) is 3.38. The van der Waals surface area contributed by atoms with Crippen LogP contribution in [0.1, 0.15) is 12.0 Å². The van der Waals surface area contributed by atoms with Crippen molar-refractivity contribution in [2.75, 3.05) is 19.4 Å². The summed E-state index contributed by atoms with van der Waals surface area (Å²) in [5, 5.41) is 12.1. The van der Waals surface area contributed by atoms with Crippen LogP contribution in [0.15, 0.2) is 53.4 Å². The Morgan fingerprint density at radius 3 is 2.59 bits per heavy atom. The highest BCUT2D eigenvalue weighted by molar-refractivity contribution is 7.99. The molecular formula is C20H22FNO4S. The number of para-hydroxylation sites is 1. The van der Waals surface area contributed by atoms with E-state index in [1.807, 2.05) is 18.2 Å². The smallest absolute Gasteiger partial charge is 0.308 e. The Morgan fingerprint density at radius 1 is 1.19 bits per heavy atom. The summed E-state index contributed by atoms with van der Waals surface area (Å²) in [4.78, 5) is 24.0. The molecule has 7 heteroatoms. The highest BCUT2D eigenvalue weighted by atomic mass is 32.2. The average Bonchev–Trinajstić information content (AvgIpc) is 2.66. The molecule has 0 radical (unpaired) electrons. The normalized spacial score (nSPS) is 11.6. The third kappa shape index (κ3) is 6.60. The molecule has 0 aliphatic heterocycles. The van der Waals surface area contributed by atoms with E-state index in [9.17, 15) is 19.1 Å². The van der Waals surface area contributed by atoms with E-state index in [-0.39, 0.29) is 31.1 Å². The number of carboxylic acid groups (broad SMARTS) is 1. The Kier molecular flexibility index (Phi) is 8.13. The number of hydrogen-bond donors (Lipinski definition) is 2. The van der Waals surface area contributed by atoms with Crippen molar-refractivity contribution >= 4 is 23.6 Å². The highest BCUT2D eigenvalue weighted by Crippen LogP contribution is 2.22. The molecular weight excluding hydrogens is 369 g/mol. The van der Waals surface area contributed by atoms with Crippen LogP contribution >= 0.6 is 11.8 Å². The molecule has 0 saturated carbocycles. The van der Waals surface area contributed by atoms with Gasteiger partial charge in [0.05, 0.1) is 13.0 Å². The predicted molar refractivity (Wildman–Crippen MR) is 103 cm³/mol. The Morgan fingerprint density at radius 2 is 1.89 bits per heavy atom. The number of hydrogen-bond acceptors (Lipinski definition) is 4. The first-order valence-electron chi connectivity index (χ1n) is 8.50. The van der Waals surface area contributed by atoms with Gasteiger partial charge >= 0.3 is 5.97 Å². The third-order valence-electron chi connectivity index (χ3n) is 3.98. The maximum Gasteiger partial charge on any atom is 0.308 e. The maximum atomic E-state index is 13.5. The Balaban J connectivity index is 1.82. The van der Waals surface area contributed by atoms with E-state index in [4.69, 9.17) is 4.74 Å². The molecule has 144 valence electrons. The second-order valence-electron chi connectivity index (χ2n) is 5.88. The van der Waals surface area contributed by atoms with Gasteiger partial charge in [0.15, 0.2) is 0 Å². The Bertz CT molecular complexity index is 784. The van der Waals surface area contributed by atoms with E-state index in [2.05, 4.69) is 5.32 Å². The van der Waals surface area contributed by atoms with Crippen LogP contribution in [-0.4, -0.2) is 36.4 Å². The van der Waals surface area contributed by atoms with Gasteiger partial charge in [0.25, 0.3) is 0 Å². The molecule has 1 unspecified atom stereocenters. The number of carbonyl (C=O) groups excluding carboxylic acids is 1. The molecule has 5 nitrogen and oxygen atoms in total. The average molecular weight is 391 g/mol. The highest BCUT2D eigenvalue weighted by Gasteiger charge is 2.20. The van der Waals surface area contributed by atoms with Crippen LogP contribution in [0.5, 0.6) is 5.75 Å². The van der Waals surface area contributed by atoms with Gasteiger partial charge in [0.2, 0.25) is 5.91 Å². The van der Waals surface area contributed by atoms with Crippen molar-refractivity contribution in [2.45, 2.75) is 17.7 Å². The molecule has 0 spiro atoms. The number of benzene rings is 2. The van der Waals surface area contributed by atoms with Crippen LogP contribution in [0.3, 0.4) is 0 Å². The van der Waals surface area contributed by atoms with E-state index in [0.29, 0.717) is 16.4 Å². The lowest BCUT2D eigenvalue weighted by atomic mass is 9.98. The fourth-order valence-corrected chi connectivity index (χ4v) is 3.41. The number of rotatable bonds is 10. The zero-order valence-corrected chi connectivity index (χ0v) is 15.8. The van der Waals surface area contributed by atoms with Crippen LogP contribution in [-0.2, 0) is 16.0 Å². The Hall–Kier alpha value is -2.54. The molecule has 0 saturated heterocycles. The number of carboxylic acids is 1. The summed E-state index contributed by atoms with van der Waals surface area (Å²) in [7, 11) is 1.53. The minimum Gasteiger partial charge on any atom is -0.496 e. The zero-order chi connectivity index (χ0) is 19.6. The van der Waals surface area contributed by atoms with Crippen molar-refractivity contribution in [2.24, 2.45) is 5.92 Å². The third-order valence-corrected chi connectivity index (χ3v) is 5.03. The lowest BCUT2D eigenvalue weighted by Crippen LogP contribution is -2.34. The summed E-state index contributed by atoms with van der Waals surface area (Å²) in [5.41, 5.74) is 0.775. The van der Waals surface area contributed by atoms with Crippen LogP contribution in [0, 0.1) is 11.7 Å². The topological polar surface area (TPSA) is 75.6 Å². The molecule has 2 aromatic carbocycles. The monoisotopic (exact) mass is 391 g/mol. The van der Waals surface area contributed by atoms with Gasteiger partial charge in [-0.05, 0) is 30.2 Å². The summed E-state index contributed by atoms with van der Waals surface area (Å²) in [6.07, 6.45) is 0.434. The number of thioether (sulfide) groups is 1. The molecule has 27 heavy (non-hydrogen) atoms. The molecule has 0 aromatic heterocycles. The summed E-state index contributed by atoms with van der Waals surface area (Å²) in [6.45, 7) is 0.0244. The Labute approximate surface area is 161 Å². The molecule has 0 heterocycles. The summed E-state index contributed by atoms with van der Waals surface area (Å²) >= 11 is 1.25. The van der Waals surface area contributed by atoms with Crippen LogP contribution in [0.25, 0.3) is 0 Å². The number of nitrogens with one attached hydrogen (secondary N) is 1. The summed E-state index contributed by atoms with van der Waals surface area (Å²) in [6, 6.07) is 13.6. The van der Waals surface area contributed by atoms with Crippen molar-refractivity contribution in [3.05, 3.63) is 59.9 Å². The van der Waals surface area contributed by atoms with Gasteiger partial charge in [-0.2, -0.15) is 0 Å². The van der Waals surface area contributed by atoms with Gasteiger partial charge in [-0.3, -0.25) is 9.59 Å². The number of amides is 1. The van der Waals surface area contributed by atoms with Gasteiger partial charge < -0.3 is 15.2 Å². The molecule has 0 aliphatic rings. The van der Waals surface area contributed by atoms with E-state index in [1.54, 1.807) is 24.3 Å². The maximum absolute atomic E-state index is 13.5. The van der Waals surface area contributed by atoms with E-state index in [1.165, 1.54) is 24.9 Å². The van der Waals surface area contributed by atoms with Gasteiger partial charge in [-0.15, -0.1) is 11.8 Å². The fraction of sp³-hybridized carbons (Fsp3) is 0.300. The first kappa shape index (κ1) is 20.8. The number of methoxy groups -OCH3 is 1. The summed E-state index contributed by atoms with van der Waals surface area (Å²) < 4.78 is 18.8. The van der Waals surface area contributed by atoms with Crippen molar-refractivity contribution in [3.63, 3.8) is 0 Å². The first-order chi connectivity index (χ1) is 13.0. The molecule has 2 rings (SSSR count). The van der Waals surface area contributed by atoms with Crippen LogP contribution in [0.4, 0.5) is 4.39 Å². The van der Waals surface area contributed by atoms with Crippen molar-refractivity contribution < 1.29 is 23.8 Å². The van der Waals surface area contributed by atoms with Crippen LogP contribution < -0.4 is 10.1 Å². The van der Waals surface area contributed by atoms with E-state index in [0.717, 1.165) is 5.56 Å². The molecule has 0 aliphatic carbocycles. The van der Waals surface area contributed by atoms with Crippen LogP contribution in [0.2, 0.25) is 0 Å². The standard InChI is InChI=1S/C20H22FNO4S/c1-26-17-8-4-2-6-14(17)12-15(20(24)25)13-22-19(23)10-11-27-18-9-5-3-7-16(18)21/h2-9,15H,10-13H2,1H3,(H,22,23)(H,24,25). The lowest BCUT2D eigenvalue weighted by Gasteiger charge is -2.15. The van der Waals surface area contributed by atoms with Gasteiger partial charge in [0.1, 0.15) is 11.6 Å². The van der Waals surface area contributed by atoms with E-state index >= 15 is 0 Å². The molecule has 1 atom stereocenters. The second kappa shape index (κ2) is 10.6. The number of aliphatic carboxylic acids is 1. The minimum absolute atomic E-state index is 0.0244. The molecule has 0 bridgehead atoms. The largest absolute Gasteiger partial charge is 0.496 e. The second-order valence-corrected chi connectivity index (χ2v) is 7.02. The fourth-order valence-electron chi connectivity index (χ4n) is 2.52. The molecule has 1 amide bonds. The van der Waals surface area contributed by atoms with Gasteiger partial charge in [0, 0.05) is 23.6 Å². The van der Waals surface area contributed by atoms with Gasteiger partial charge in [-0.1, -0.05) is 30.3 Å². The molecule has 0 fully saturated rings.